The first-order valence-corrected chi connectivity index (χ1v) is 9.86. The maximum Gasteiger partial charge on any atom is 0.338 e. The lowest BCUT2D eigenvalue weighted by Crippen LogP contribution is -2.11. The van der Waals surface area contributed by atoms with Crippen LogP contribution in [-0.2, 0) is 14.3 Å². The molecule has 0 amide bonds. The van der Waals surface area contributed by atoms with Gasteiger partial charge in [0, 0.05) is 5.57 Å². The van der Waals surface area contributed by atoms with Crippen molar-refractivity contribution in [3.63, 3.8) is 0 Å². The van der Waals surface area contributed by atoms with Crippen molar-refractivity contribution in [3.05, 3.63) is 65.0 Å². The van der Waals surface area contributed by atoms with E-state index in [9.17, 15) is 8.42 Å². The van der Waals surface area contributed by atoms with Crippen molar-refractivity contribution in [3.8, 4) is 0 Å². The van der Waals surface area contributed by atoms with Crippen LogP contribution in [0.1, 0.15) is 47.1 Å². The van der Waals surface area contributed by atoms with Gasteiger partial charge in [-0.05, 0) is 47.1 Å². The number of allylic oxidation sites excluding steroid dienone is 5. The van der Waals surface area contributed by atoms with Crippen LogP contribution in [0.15, 0.2) is 64.3 Å². The highest BCUT2D eigenvalue weighted by Crippen LogP contribution is 2.42. The fraction of sp³-hybridized carbons (Fsp3) is 0.429. The summed E-state index contributed by atoms with van der Waals surface area (Å²) in [6.45, 7) is 14.7. The molecule has 25 heavy (non-hydrogen) atoms. The average molecular weight is 361 g/mol. The lowest BCUT2D eigenvalue weighted by molar-refractivity contribution is 0.437. The molecule has 0 N–H and O–H groups in total. The molecule has 0 heterocycles. The van der Waals surface area contributed by atoms with Gasteiger partial charge in [-0.3, -0.25) is 0 Å². The number of hydrogen-bond acceptors (Lipinski definition) is 3. The monoisotopic (exact) mass is 360 g/mol. The maximum absolute atomic E-state index is 12.4. The van der Waals surface area contributed by atoms with Gasteiger partial charge in [0.2, 0.25) is 0 Å². The molecule has 0 unspecified atom stereocenters. The first kappa shape index (κ1) is 19.5. The van der Waals surface area contributed by atoms with E-state index in [1.54, 1.807) is 24.3 Å². The quantitative estimate of drug-likeness (QED) is 0.525. The van der Waals surface area contributed by atoms with Gasteiger partial charge in [0.15, 0.2) is 0 Å². The summed E-state index contributed by atoms with van der Waals surface area (Å²) >= 11 is 0. The molecule has 0 aliphatic heterocycles. The molecule has 0 spiro atoms. The zero-order valence-electron chi connectivity index (χ0n) is 16.2. The Morgan fingerprint density at radius 1 is 0.880 bits per heavy atom. The molecule has 4 heteroatoms. The zero-order valence-corrected chi connectivity index (χ0v) is 17.0. The molecule has 1 aliphatic rings. The zero-order chi connectivity index (χ0) is 19.0. The standard InChI is InChI=1S/C21H28O3S/c1-15-8-10-18(11-9-15)25(22,23)24-14-16-12-17(20(2,3)4)13-19(16)21(5,6)7/h8-14H,1-7H3/b16-14-. The minimum atomic E-state index is -3.82. The molecule has 1 aromatic carbocycles. The van der Waals surface area contributed by atoms with Crippen molar-refractivity contribution < 1.29 is 12.6 Å². The van der Waals surface area contributed by atoms with E-state index in [1.165, 1.54) is 11.8 Å². The Balaban J connectivity index is 2.37. The predicted molar refractivity (Wildman–Crippen MR) is 103 cm³/mol. The molecular weight excluding hydrogens is 332 g/mol. The molecule has 0 saturated carbocycles. The second-order valence-corrected chi connectivity index (χ2v) is 10.2. The molecule has 1 aromatic rings. The summed E-state index contributed by atoms with van der Waals surface area (Å²) in [6.07, 6.45) is 5.53. The number of rotatable bonds is 3. The van der Waals surface area contributed by atoms with Crippen molar-refractivity contribution in [2.75, 3.05) is 0 Å². The van der Waals surface area contributed by atoms with Gasteiger partial charge in [0.1, 0.15) is 11.2 Å². The highest BCUT2D eigenvalue weighted by Gasteiger charge is 2.29. The van der Waals surface area contributed by atoms with Crippen molar-refractivity contribution in [1.29, 1.82) is 0 Å². The van der Waals surface area contributed by atoms with E-state index in [0.717, 1.165) is 16.7 Å². The Bertz CT molecular complexity index is 838. The van der Waals surface area contributed by atoms with E-state index in [0.29, 0.717) is 0 Å². The summed E-state index contributed by atoms with van der Waals surface area (Å²) in [4.78, 5) is 0.161. The van der Waals surface area contributed by atoms with E-state index in [1.807, 2.05) is 13.0 Å². The first-order valence-electron chi connectivity index (χ1n) is 8.45. The summed E-state index contributed by atoms with van der Waals surface area (Å²) in [5, 5.41) is 0. The van der Waals surface area contributed by atoms with Gasteiger partial charge >= 0.3 is 10.1 Å². The minimum absolute atomic E-state index is 0.0120. The molecule has 136 valence electrons. The Hall–Kier alpha value is -1.81. The van der Waals surface area contributed by atoms with Crippen LogP contribution in [-0.4, -0.2) is 8.42 Å². The van der Waals surface area contributed by atoms with Crippen molar-refractivity contribution in [2.45, 2.75) is 53.4 Å². The number of aryl methyl sites for hydroxylation is 1. The molecule has 0 saturated heterocycles. The summed E-state index contributed by atoms with van der Waals surface area (Å²) in [5.74, 6) is 0. The van der Waals surface area contributed by atoms with Crippen molar-refractivity contribution >= 4 is 10.1 Å². The Kier molecular flexibility index (Phi) is 5.06. The Morgan fingerprint density at radius 2 is 1.44 bits per heavy atom. The van der Waals surface area contributed by atoms with Crippen LogP contribution in [0.25, 0.3) is 0 Å². The van der Waals surface area contributed by atoms with Crippen LogP contribution in [0.2, 0.25) is 0 Å². The van der Waals surface area contributed by atoms with Gasteiger partial charge in [-0.1, -0.05) is 65.3 Å². The molecule has 0 bridgehead atoms. The summed E-state index contributed by atoms with van der Waals surface area (Å²) in [7, 11) is -3.82. The van der Waals surface area contributed by atoms with Crippen LogP contribution >= 0.6 is 0 Å². The SMILES string of the molecule is Cc1ccc(S(=O)(=O)O/C=C2/C=C(C(C)(C)C)C=C2C(C)(C)C)cc1. The molecular formula is C21H28O3S. The fourth-order valence-electron chi connectivity index (χ4n) is 2.58. The van der Waals surface area contributed by atoms with E-state index < -0.39 is 10.1 Å². The van der Waals surface area contributed by atoms with Gasteiger partial charge in [0.05, 0.1) is 0 Å². The number of benzene rings is 1. The second kappa shape index (κ2) is 6.49. The molecule has 0 aromatic heterocycles. The average Bonchev–Trinajstić information content (AvgIpc) is 2.90. The minimum Gasteiger partial charge on any atom is -0.386 e. The van der Waals surface area contributed by atoms with Gasteiger partial charge in [-0.25, -0.2) is 0 Å². The Morgan fingerprint density at radius 3 is 1.92 bits per heavy atom. The lowest BCUT2D eigenvalue weighted by Gasteiger charge is -2.22. The topological polar surface area (TPSA) is 43.4 Å². The number of hydrogen-bond donors (Lipinski definition) is 0. The van der Waals surface area contributed by atoms with Gasteiger partial charge in [-0.15, -0.1) is 0 Å². The third-order valence-electron chi connectivity index (χ3n) is 4.21. The van der Waals surface area contributed by atoms with Crippen molar-refractivity contribution in [2.24, 2.45) is 10.8 Å². The largest absolute Gasteiger partial charge is 0.386 e. The van der Waals surface area contributed by atoms with E-state index in [4.69, 9.17) is 4.18 Å². The first-order chi connectivity index (χ1) is 11.3. The summed E-state index contributed by atoms with van der Waals surface area (Å²) < 4.78 is 30.1. The van der Waals surface area contributed by atoms with Crippen LogP contribution in [0.5, 0.6) is 0 Å². The van der Waals surface area contributed by atoms with Gasteiger partial charge in [0.25, 0.3) is 0 Å². The van der Waals surface area contributed by atoms with Crippen LogP contribution in [0, 0.1) is 17.8 Å². The smallest absolute Gasteiger partial charge is 0.338 e. The maximum atomic E-state index is 12.4. The third kappa shape index (κ3) is 4.63. The van der Waals surface area contributed by atoms with E-state index in [-0.39, 0.29) is 15.7 Å². The summed E-state index contributed by atoms with van der Waals surface area (Å²) in [5.41, 5.74) is 3.95. The van der Waals surface area contributed by atoms with Crippen LogP contribution in [0.4, 0.5) is 0 Å². The predicted octanol–water partition coefficient (Wildman–Crippen LogP) is 5.54. The molecule has 3 nitrogen and oxygen atoms in total. The van der Waals surface area contributed by atoms with Gasteiger partial charge in [-0.2, -0.15) is 8.42 Å². The van der Waals surface area contributed by atoms with E-state index in [2.05, 4.69) is 47.6 Å². The molecule has 0 atom stereocenters. The third-order valence-corrected chi connectivity index (χ3v) is 5.41. The molecule has 0 radical (unpaired) electrons. The highest BCUT2D eigenvalue weighted by molar-refractivity contribution is 7.86. The normalized spacial score (nSPS) is 17.5. The lowest BCUT2D eigenvalue weighted by atomic mass is 9.83. The molecule has 0 fully saturated rings. The highest BCUT2D eigenvalue weighted by atomic mass is 32.2. The molecule has 1 aliphatic carbocycles. The van der Waals surface area contributed by atoms with Gasteiger partial charge < -0.3 is 4.18 Å². The van der Waals surface area contributed by atoms with Crippen LogP contribution in [0.3, 0.4) is 0 Å². The second-order valence-electron chi connectivity index (χ2n) is 8.59. The van der Waals surface area contributed by atoms with E-state index >= 15 is 0 Å². The fourth-order valence-corrected chi connectivity index (χ4v) is 3.39. The molecule has 2 rings (SSSR count). The van der Waals surface area contributed by atoms with Crippen molar-refractivity contribution in [1.82, 2.24) is 0 Å². The van der Waals surface area contributed by atoms with Crippen LogP contribution < -0.4 is 0 Å². The summed E-state index contributed by atoms with van der Waals surface area (Å²) in [6, 6.07) is 6.65. The Labute approximate surface area is 152 Å².